The van der Waals surface area contributed by atoms with E-state index in [9.17, 15) is 0 Å². The van der Waals surface area contributed by atoms with Gasteiger partial charge in [0.1, 0.15) is 5.75 Å². The van der Waals surface area contributed by atoms with Gasteiger partial charge in [-0.15, -0.1) is 0 Å². The van der Waals surface area contributed by atoms with E-state index in [4.69, 9.17) is 4.74 Å². The second-order valence-corrected chi connectivity index (χ2v) is 4.01. The Hall–Kier alpha value is -1.25. The minimum absolute atomic E-state index is 0.424. The second kappa shape index (κ2) is 5.01. The summed E-state index contributed by atoms with van der Waals surface area (Å²) in [6, 6.07) is 2.03. The molecular formula is C12H18N2O. The third kappa shape index (κ3) is 2.85. The Morgan fingerprint density at radius 2 is 2.33 bits per heavy atom. The summed E-state index contributed by atoms with van der Waals surface area (Å²) in [5.41, 5.74) is 1.05. The SMILES string of the molecule is CCCNc1cncc(OC2CCC2)c1. The number of aromatic nitrogens is 1. The average molecular weight is 206 g/mol. The van der Waals surface area contributed by atoms with E-state index in [-0.39, 0.29) is 0 Å². The van der Waals surface area contributed by atoms with Crippen LogP contribution in [-0.2, 0) is 0 Å². The Kier molecular flexibility index (Phi) is 3.43. The lowest BCUT2D eigenvalue weighted by Gasteiger charge is -2.26. The van der Waals surface area contributed by atoms with E-state index in [1.54, 1.807) is 6.20 Å². The van der Waals surface area contributed by atoms with Crippen molar-refractivity contribution in [2.24, 2.45) is 0 Å². The van der Waals surface area contributed by atoms with E-state index in [1.807, 2.05) is 12.3 Å². The normalized spacial score (nSPS) is 15.8. The lowest BCUT2D eigenvalue weighted by molar-refractivity contribution is 0.120. The van der Waals surface area contributed by atoms with Crippen LogP contribution in [0.4, 0.5) is 5.69 Å². The molecule has 1 aromatic heterocycles. The van der Waals surface area contributed by atoms with Crippen LogP contribution in [0.2, 0.25) is 0 Å². The topological polar surface area (TPSA) is 34.2 Å². The Morgan fingerprint density at radius 1 is 1.47 bits per heavy atom. The number of nitrogens with zero attached hydrogens (tertiary/aromatic N) is 1. The number of ether oxygens (including phenoxy) is 1. The highest BCUT2D eigenvalue weighted by molar-refractivity contribution is 5.45. The second-order valence-electron chi connectivity index (χ2n) is 4.01. The van der Waals surface area contributed by atoms with E-state index in [0.717, 1.165) is 24.4 Å². The van der Waals surface area contributed by atoms with Gasteiger partial charge in [-0.1, -0.05) is 6.92 Å². The number of anilines is 1. The number of hydrogen-bond donors (Lipinski definition) is 1. The fourth-order valence-electron chi connectivity index (χ4n) is 1.53. The van der Waals surface area contributed by atoms with Gasteiger partial charge in [-0.3, -0.25) is 4.98 Å². The van der Waals surface area contributed by atoms with Crippen molar-refractivity contribution in [1.82, 2.24) is 4.98 Å². The van der Waals surface area contributed by atoms with Gasteiger partial charge in [-0.25, -0.2) is 0 Å². The number of pyridine rings is 1. The molecule has 15 heavy (non-hydrogen) atoms. The van der Waals surface area contributed by atoms with E-state index in [0.29, 0.717) is 6.10 Å². The van der Waals surface area contributed by atoms with Crippen LogP contribution in [0.1, 0.15) is 32.6 Å². The van der Waals surface area contributed by atoms with Crippen molar-refractivity contribution in [3.05, 3.63) is 18.5 Å². The molecule has 1 saturated carbocycles. The predicted octanol–water partition coefficient (Wildman–Crippen LogP) is 2.83. The molecule has 2 rings (SSSR count). The van der Waals surface area contributed by atoms with Crippen molar-refractivity contribution < 1.29 is 4.74 Å². The summed E-state index contributed by atoms with van der Waals surface area (Å²) in [5, 5.41) is 3.30. The molecule has 1 aromatic rings. The van der Waals surface area contributed by atoms with Crippen LogP contribution in [0, 0.1) is 0 Å². The van der Waals surface area contributed by atoms with Crippen LogP contribution in [0.15, 0.2) is 18.5 Å². The van der Waals surface area contributed by atoms with Crippen LogP contribution in [0.5, 0.6) is 5.75 Å². The summed E-state index contributed by atoms with van der Waals surface area (Å²) >= 11 is 0. The van der Waals surface area contributed by atoms with Gasteiger partial charge in [0, 0.05) is 12.6 Å². The molecule has 0 radical (unpaired) electrons. The highest BCUT2D eigenvalue weighted by atomic mass is 16.5. The van der Waals surface area contributed by atoms with Crippen molar-refractivity contribution in [2.75, 3.05) is 11.9 Å². The van der Waals surface area contributed by atoms with E-state index < -0.39 is 0 Å². The lowest BCUT2D eigenvalue weighted by atomic mass is 9.96. The fourth-order valence-corrected chi connectivity index (χ4v) is 1.53. The standard InChI is InChI=1S/C12H18N2O/c1-2-6-14-10-7-12(9-13-8-10)15-11-4-3-5-11/h7-9,11,14H,2-6H2,1H3. The van der Waals surface area contributed by atoms with Gasteiger partial charge < -0.3 is 10.1 Å². The smallest absolute Gasteiger partial charge is 0.140 e. The summed E-state index contributed by atoms with van der Waals surface area (Å²) in [7, 11) is 0. The van der Waals surface area contributed by atoms with Gasteiger partial charge in [0.2, 0.25) is 0 Å². The maximum Gasteiger partial charge on any atom is 0.140 e. The zero-order valence-corrected chi connectivity index (χ0v) is 9.20. The molecule has 1 N–H and O–H groups in total. The molecule has 0 bridgehead atoms. The van der Waals surface area contributed by atoms with Crippen LogP contribution in [0.3, 0.4) is 0 Å². The molecule has 0 unspecified atom stereocenters. The Labute approximate surface area is 90.9 Å². The first-order valence-corrected chi connectivity index (χ1v) is 5.74. The molecule has 82 valence electrons. The summed E-state index contributed by atoms with van der Waals surface area (Å²) in [5.74, 6) is 0.890. The Bertz CT molecular complexity index is 310. The van der Waals surface area contributed by atoms with Gasteiger partial charge in [0.15, 0.2) is 0 Å². The maximum absolute atomic E-state index is 5.77. The van der Waals surface area contributed by atoms with E-state index in [1.165, 1.54) is 19.3 Å². The zero-order chi connectivity index (χ0) is 10.5. The quantitative estimate of drug-likeness (QED) is 0.804. The van der Waals surface area contributed by atoms with Crippen molar-refractivity contribution in [1.29, 1.82) is 0 Å². The average Bonchev–Trinajstić information content (AvgIpc) is 2.21. The summed E-state index contributed by atoms with van der Waals surface area (Å²) < 4.78 is 5.77. The third-order valence-electron chi connectivity index (χ3n) is 2.65. The van der Waals surface area contributed by atoms with Crippen LogP contribution < -0.4 is 10.1 Å². The molecule has 1 fully saturated rings. The monoisotopic (exact) mass is 206 g/mol. The van der Waals surface area contributed by atoms with Crippen LogP contribution in [0.25, 0.3) is 0 Å². The first-order valence-electron chi connectivity index (χ1n) is 5.74. The minimum atomic E-state index is 0.424. The zero-order valence-electron chi connectivity index (χ0n) is 9.20. The van der Waals surface area contributed by atoms with Gasteiger partial charge in [-0.2, -0.15) is 0 Å². The molecule has 3 heteroatoms. The van der Waals surface area contributed by atoms with Crippen LogP contribution >= 0.6 is 0 Å². The minimum Gasteiger partial charge on any atom is -0.489 e. The Morgan fingerprint density at radius 3 is 3.00 bits per heavy atom. The van der Waals surface area contributed by atoms with Crippen molar-refractivity contribution >= 4 is 5.69 Å². The third-order valence-corrected chi connectivity index (χ3v) is 2.65. The summed E-state index contributed by atoms with van der Waals surface area (Å²) in [6.45, 7) is 3.13. The molecule has 0 aromatic carbocycles. The highest BCUT2D eigenvalue weighted by Gasteiger charge is 2.19. The van der Waals surface area contributed by atoms with E-state index >= 15 is 0 Å². The molecular weight excluding hydrogens is 188 g/mol. The number of nitrogens with one attached hydrogen (secondary N) is 1. The van der Waals surface area contributed by atoms with Gasteiger partial charge >= 0.3 is 0 Å². The van der Waals surface area contributed by atoms with Crippen LogP contribution in [-0.4, -0.2) is 17.6 Å². The van der Waals surface area contributed by atoms with Gasteiger partial charge in [0.05, 0.1) is 24.2 Å². The molecule has 3 nitrogen and oxygen atoms in total. The first-order chi connectivity index (χ1) is 7.38. The highest BCUT2D eigenvalue weighted by Crippen LogP contribution is 2.25. The van der Waals surface area contributed by atoms with Gasteiger partial charge in [-0.05, 0) is 25.7 Å². The summed E-state index contributed by atoms with van der Waals surface area (Å²) in [4.78, 5) is 4.16. The van der Waals surface area contributed by atoms with Crippen molar-refractivity contribution in [3.8, 4) is 5.75 Å². The van der Waals surface area contributed by atoms with Crippen molar-refractivity contribution in [3.63, 3.8) is 0 Å². The number of rotatable bonds is 5. The summed E-state index contributed by atoms with van der Waals surface area (Å²) in [6.07, 6.45) is 8.84. The Balaban J connectivity index is 1.92. The molecule has 0 aliphatic heterocycles. The van der Waals surface area contributed by atoms with Gasteiger partial charge in [0.25, 0.3) is 0 Å². The van der Waals surface area contributed by atoms with E-state index in [2.05, 4.69) is 17.2 Å². The fraction of sp³-hybridized carbons (Fsp3) is 0.583. The number of hydrogen-bond acceptors (Lipinski definition) is 3. The molecule has 0 atom stereocenters. The predicted molar refractivity (Wildman–Crippen MR) is 61.3 cm³/mol. The molecule has 0 spiro atoms. The largest absolute Gasteiger partial charge is 0.489 e. The molecule has 1 aliphatic rings. The molecule has 0 amide bonds. The molecule has 1 heterocycles. The van der Waals surface area contributed by atoms with Crippen molar-refractivity contribution in [2.45, 2.75) is 38.7 Å². The molecule has 1 aliphatic carbocycles. The lowest BCUT2D eigenvalue weighted by Crippen LogP contribution is -2.24. The maximum atomic E-state index is 5.77. The first kappa shape index (κ1) is 10.3. The molecule has 0 saturated heterocycles.